The van der Waals surface area contributed by atoms with Crippen molar-refractivity contribution in [3.8, 4) is 5.75 Å². The number of amides is 3. The Labute approximate surface area is 236 Å². The number of fused-ring (bicyclic) bond motifs is 3. The Morgan fingerprint density at radius 2 is 1.92 bits per heavy atom. The lowest BCUT2D eigenvalue weighted by molar-refractivity contribution is -0.125. The average molecular weight is 568 g/mol. The zero-order valence-electron chi connectivity index (χ0n) is 21.6. The van der Waals surface area contributed by atoms with E-state index in [2.05, 4.69) is 15.6 Å². The van der Waals surface area contributed by atoms with Gasteiger partial charge in [-0.25, -0.2) is 9.89 Å². The van der Waals surface area contributed by atoms with Crippen LogP contribution in [-0.2, 0) is 14.4 Å². The highest BCUT2D eigenvalue weighted by atomic mass is 35.5. The van der Waals surface area contributed by atoms with E-state index in [4.69, 9.17) is 21.3 Å². The van der Waals surface area contributed by atoms with Crippen LogP contribution < -0.4 is 15.4 Å². The first kappa shape index (κ1) is 27.2. The molecular formula is C28H30ClN5O4S. The molecule has 0 aromatic heterocycles. The molecule has 1 fully saturated rings. The third kappa shape index (κ3) is 6.28. The van der Waals surface area contributed by atoms with Gasteiger partial charge in [-0.15, -0.1) is 0 Å². The van der Waals surface area contributed by atoms with Crippen molar-refractivity contribution in [1.82, 2.24) is 10.2 Å². The summed E-state index contributed by atoms with van der Waals surface area (Å²) in [6, 6.07) is 12.0. The molecule has 5 rings (SSSR count). The Bertz CT molecular complexity index is 1340. The van der Waals surface area contributed by atoms with Gasteiger partial charge in [-0.1, -0.05) is 54.8 Å². The zero-order chi connectivity index (χ0) is 27.4. The number of nitrogens with zero attached hydrogens (tertiary/aromatic N) is 3. The van der Waals surface area contributed by atoms with Crippen molar-refractivity contribution in [2.75, 3.05) is 18.2 Å². The lowest BCUT2D eigenvalue weighted by atomic mass is 9.95. The highest BCUT2D eigenvalue weighted by molar-refractivity contribution is 8.14. The van der Waals surface area contributed by atoms with Crippen molar-refractivity contribution in [2.45, 2.75) is 57.0 Å². The number of para-hydroxylation sites is 1. The van der Waals surface area contributed by atoms with Gasteiger partial charge in [0.2, 0.25) is 11.8 Å². The van der Waals surface area contributed by atoms with Gasteiger partial charge in [0, 0.05) is 23.7 Å². The highest BCUT2D eigenvalue weighted by Gasteiger charge is 2.41. The Morgan fingerprint density at radius 3 is 2.69 bits per heavy atom. The number of hydrogen-bond acceptors (Lipinski definition) is 7. The summed E-state index contributed by atoms with van der Waals surface area (Å²) in [7, 11) is 1.52. The molecule has 3 amide bonds. The highest BCUT2D eigenvalue weighted by Crippen LogP contribution is 2.34. The van der Waals surface area contributed by atoms with Gasteiger partial charge in [0.15, 0.2) is 5.17 Å². The molecule has 0 radical (unpaired) electrons. The van der Waals surface area contributed by atoms with E-state index in [0.717, 1.165) is 43.0 Å². The van der Waals surface area contributed by atoms with Crippen LogP contribution in [0, 0.1) is 0 Å². The molecule has 0 spiro atoms. The minimum absolute atomic E-state index is 0.0240. The first-order valence-corrected chi connectivity index (χ1v) is 14.4. The summed E-state index contributed by atoms with van der Waals surface area (Å²) >= 11 is 7.32. The first-order chi connectivity index (χ1) is 18.9. The fourth-order valence-electron chi connectivity index (χ4n) is 4.97. The van der Waals surface area contributed by atoms with E-state index in [9.17, 15) is 14.4 Å². The van der Waals surface area contributed by atoms with Gasteiger partial charge < -0.3 is 15.4 Å². The minimum atomic E-state index is -0.677. The smallest absolute Gasteiger partial charge is 0.259 e. The number of anilines is 1. The van der Waals surface area contributed by atoms with Crippen molar-refractivity contribution in [3.05, 3.63) is 53.1 Å². The number of nitrogens with one attached hydrogen (secondary N) is 2. The number of benzene rings is 2. The van der Waals surface area contributed by atoms with Crippen LogP contribution in [0.25, 0.3) is 0 Å². The molecule has 0 bridgehead atoms. The summed E-state index contributed by atoms with van der Waals surface area (Å²) in [5.74, 6) is 0.491. The van der Waals surface area contributed by atoms with Gasteiger partial charge in [0.1, 0.15) is 17.6 Å². The molecule has 2 aromatic rings. The number of rotatable bonds is 8. The molecule has 2 heterocycles. The predicted molar refractivity (Wildman–Crippen MR) is 154 cm³/mol. The molecule has 3 aliphatic rings. The van der Waals surface area contributed by atoms with Crippen LogP contribution in [0.4, 0.5) is 11.4 Å². The van der Waals surface area contributed by atoms with Crippen LogP contribution in [0.15, 0.2) is 52.4 Å². The number of halogens is 1. The van der Waals surface area contributed by atoms with Gasteiger partial charge >= 0.3 is 0 Å². The number of methoxy groups -OCH3 is 1. The molecule has 9 nitrogen and oxygen atoms in total. The summed E-state index contributed by atoms with van der Waals surface area (Å²) < 4.78 is 5.15. The van der Waals surface area contributed by atoms with Crippen molar-refractivity contribution in [3.63, 3.8) is 0 Å². The van der Waals surface area contributed by atoms with E-state index in [1.54, 1.807) is 18.2 Å². The maximum atomic E-state index is 13.5. The number of aliphatic imine (C=N–C) groups is 2. The SMILES string of the molecule is COc1ccc(NC(=O)CSC2=Nc3ccccc3C3=N[C@@H](CCC(=O)NC4CCCCC4)C(=O)N23)cc1Cl. The second kappa shape index (κ2) is 12.2. The number of thioether (sulfide) groups is 1. The molecule has 0 unspecified atom stereocenters. The summed E-state index contributed by atoms with van der Waals surface area (Å²) in [6.07, 6.45) is 6.06. The van der Waals surface area contributed by atoms with Gasteiger partial charge in [0.25, 0.3) is 5.91 Å². The van der Waals surface area contributed by atoms with E-state index >= 15 is 0 Å². The number of carbonyl (C=O) groups is 3. The largest absolute Gasteiger partial charge is 0.495 e. The molecule has 39 heavy (non-hydrogen) atoms. The minimum Gasteiger partial charge on any atom is -0.495 e. The van der Waals surface area contributed by atoms with E-state index in [-0.39, 0.29) is 35.9 Å². The van der Waals surface area contributed by atoms with Crippen LogP contribution in [0.3, 0.4) is 0 Å². The van der Waals surface area contributed by atoms with Crippen LogP contribution in [-0.4, -0.2) is 58.6 Å². The first-order valence-electron chi connectivity index (χ1n) is 13.1. The quantitative estimate of drug-likeness (QED) is 0.471. The standard InChI is InChI=1S/C28H30ClN5O4S/c1-38-23-13-11-18(15-20(23)29)31-25(36)16-39-28-33-21-10-6-5-9-19(21)26-32-22(27(37)34(26)28)12-14-24(35)30-17-7-3-2-4-8-17/h5-6,9-11,13,15,17,22H,2-4,7-8,12,14,16H2,1H3,(H,30,35)(H,31,36)/t22-/m0/s1. The van der Waals surface area contributed by atoms with E-state index in [0.29, 0.717) is 39.6 Å². The fourth-order valence-corrected chi connectivity index (χ4v) is 6.03. The van der Waals surface area contributed by atoms with Gasteiger partial charge in [0.05, 0.1) is 23.6 Å². The van der Waals surface area contributed by atoms with E-state index in [1.807, 2.05) is 24.3 Å². The number of amidine groups is 2. The van der Waals surface area contributed by atoms with E-state index in [1.165, 1.54) is 18.4 Å². The fraction of sp³-hybridized carbons (Fsp3) is 0.393. The topological polar surface area (TPSA) is 112 Å². The second-order valence-corrected chi connectivity index (χ2v) is 11.0. The summed E-state index contributed by atoms with van der Waals surface area (Å²) in [4.78, 5) is 49.6. The molecular weight excluding hydrogens is 538 g/mol. The molecule has 0 saturated heterocycles. The van der Waals surface area contributed by atoms with E-state index < -0.39 is 6.04 Å². The van der Waals surface area contributed by atoms with Crippen LogP contribution >= 0.6 is 23.4 Å². The Morgan fingerprint density at radius 1 is 1.13 bits per heavy atom. The van der Waals surface area contributed by atoms with Crippen LogP contribution in [0.2, 0.25) is 5.02 Å². The summed E-state index contributed by atoms with van der Waals surface area (Å²) in [6.45, 7) is 0. The summed E-state index contributed by atoms with van der Waals surface area (Å²) in [5.41, 5.74) is 1.97. The van der Waals surface area contributed by atoms with Crippen molar-refractivity contribution >= 4 is 63.5 Å². The molecule has 204 valence electrons. The molecule has 2 N–H and O–H groups in total. The number of hydrogen-bond donors (Lipinski definition) is 2. The number of carbonyl (C=O) groups excluding carboxylic acids is 3. The summed E-state index contributed by atoms with van der Waals surface area (Å²) in [5, 5.41) is 6.68. The van der Waals surface area contributed by atoms with Crippen LogP contribution in [0.1, 0.15) is 50.5 Å². The van der Waals surface area contributed by atoms with Crippen LogP contribution in [0.5, 0.6) is 5.75 Å². The second-order valence-electron chi connectivity index (χ2n) is 9.68. The normalized spacial score (nSPS) is 18.6. The predicted octanol–water partition coefficient (Wildman–Crippen LogP) is 4.91. The molecule has 1 saturated carbocycles. The maximum Gasteiger partial charge on any atom is 0.259 e. The third-order valence-electron chi connectivity index (χ3n) is 6.93. The Balaban J connectivity index is 1.24. The third-order valence-corrected chi connectivity index (χ3v) is 8.16. The maximum absolute atomic E-state index is 13.5. The molecule has 1 atom stereocenters. The van der Waals surface area contributed by atoms with Gasteiger partial charge in [-0.3, -0.25) is 19.4 Å². The lowest BCUT2D eigenvalue weighted by Crippen LogP contribution is -2.42. The monoisotopic (exact) mass is 567 g/mol. The van der Waals surface area contributed by atoms with Gasteiger partial charge in [-0.2, -0.15) is 0 Å². The molecule has 2 aromatic carbocycles. The molecule has 1 aliphatic carbocycles. The molecule has 2 aliphatic heterocycles. The van der Waals surface area contributed by atoms with Crippen molar-refractivity contribution in [1.29, 1.82) is 0 Å². The average Bonchev–Trinajstić information content (AvgIpc) is 3.28. The van der Waals surface area contributed by atoms with Gasteiger partial charge in [-0.05, 0) is 49.6 Å². The van der Waals surface area contributed by atoms with Crippen molar-refractivity contribution in [2.24, 2.45) is 9.98 Å². The van der Waals surface area contributed by atoms with Crippen molar-refractivity contribution < 1.29 is 19.1 Å². The Kier molecular flexibility index (Phi) is 8.52. The number of ether oxygens (including phenoxy) is 1. The molecule has 11 heteroatoms. The lowest BCUT2D eigenvalue weighted by Gasteiger charge is -2.25. The zero-order valence-corrected chi connectivity index (χ0v) is 23.2. The Hall–Kier alpha value is -3.37.